The number of hydrogen-bond acceptors (Lipinski definition) is 4. The van der Waals surface area contributed by atoms with Crippen LogP contribution >= 0.6 is 0 Å². The second-order valence-electron chi connectivity index (χ2n) is 4.15. The summed E-state index contributed by atoms with van der Waals surface area (Å²) in [7, 11) is 1.23. The van der Waals surface area contributed by atoms with Crippen molar-refractivity contribution >= 4 is 17.6 Å². The van der Waals surface area contributed by atoms with Gasteiger partial charge >= 0.3 is 5.97 Å². The highest BCUT2D eigenvalue weighted by molar-refractivity contribution is 5.95. The summed E-state index contributed by atoms with van der Waals surface area (Å²) in [5.41, 5.74) is 5.48. The molecule has 0 saturated carbocycles. The zero-order valence-corrected chi connectivity index (χ0v) is 10.9. The van der Waals surface area contributed by atoms with Crippen LogP contribution in [0.5, 0.6) is 0 Å². The van der Waals surface area contributed by atoms with Crippen molar-refractivity contribution in [3.8, 4) is 0 Å². The van der Waals surface area contributed by atoms with Crippen molar-refractivity contribution < 1.29 is 18.7 Å². The van der Waals surface area contributed by atoms with E-state index >= 15 is 0 Å². The molecule has 1 atom stereocenters. The maximum absolute atomic E-state index is 13.6. The highest BCUT2D eigenvalue weighted by Crippen LogP contribution is 2.18. The fraction of sp³-hybridized carbons (Fsp3) is 0.385. The van der Waals surface area contributed by atoms with E-state index in [2.05, 4.69) is 10.1 Å². The van der Waals surface area contributed by atoms with Crippen molar-refractivity contribution in [2.45, 2.75) is 13.3 Å². The van der Waals surface area contributed by atoms with E-state index in [1.807, 2.05) is 0 Å². The topological polar surface area (TPSA) is 81.4 Å². The molecule has 0 spiro atoms. The van der Waals surface area contributed by atoms with Crippen LogP contribution in [-0.2, 0) is 9.53 Å². The van der Waals surface area contributed by atoms with Crippen LogP contribution in [0.1, 0.15) is 23.7 Å². The molecule has 19 heavy (non-hydrogen) atoms. The number of nitrogens with two attached hydrogens (primary N) is 1. The Morgan fingerprint density at radius 3 is 2.74 bits per heavy atom. The molecular formula is C13H17FN2O3. The number of methoxy groups -OCH3 is 1. The smallest absolute Gasteiger partial charge is 0.337 e. The number of nitrogens with one attached hydrogen (secondary N) is 1. The lowest BCUT2D eigenvalue weighted by Crippen LogP contribution is -2.23. The van der Waals surface area contributed by atoms with Crippen molar-refractivity contribution in [1.29, 1.82) is 0 Å². The van der Waals surface area contributed by atoms with Gasteiger partial charge in [-0.15, -0.1) is 0 Å². The predicted octanol–water partition coefficient (Wildman–Crippen LogP) is 1.54. The van der Waals surface area contributed by atoms with Crippen LogP contribution in [0.15, 0.2) is 18.2 Å². The minimum Gasteiger partial charge on any atom is -0.465 e. The minimum atomic E-state index is -0.610. The first kappa shape index (κ1) is 15.1. The van der Waals surface area contributed by atoms with Gasteiger partial charge in [-0.1, -0.05) is 6.92 Å². The maximum Gasteiger partial charge on any atom is 0.337 e. The SMILES string of the molecule is COC(=O)c1ccc(F)c(NC(=O)C(C)CCN)c1. The molecule has 3 N–H and O–H groups in total. The quantitative estimate of drug-likeness (QED) is 0.794. The van der Waals surface area contributed by atoms with Gasteiger partial charge in [-0.2, -0.15) is 0 Å². The van der Waals surface area contributed by atoms with Crippen molar-refractivity contribution in [2.75, 3.05) is 19.0 Å². The molecule has 6 heteroatoms. The van der Waals surface area contributed by atoms with Gasteiger partial charge in [-0.25, -0.2) is 9.18 Å². The Kier molecular flexibility index (Phi) is 5.44. The van der Waals surface area contributed by atoms with Crippen LogP contribution in [-0.4, -0.2) is 25.5 Å². The first-order chi connectivity index (χ1) is 8.99. The number of esters is 1. The molecule has 1 rings (SSSR count). The van der Waals surface area contributed by atoms with E-state index in [0.717, 1.165) is 6.07 Å². The molecule has 0 aliphatic heterocycles. The van der Waals surface area contributed by atoms with Crippen LogP contribution in [0.2, 0.25) is 0 Å². The summed E-state index contributed by atoms with van der Waals surface area (Å²) in [5.74, 6) is -1.87. The highest BCUT2D eigenvalue weighted by atomic mass is 19.1. The lowest BCUT2D eigenvalue weighted by atomic mass is 10.1. The van der Waals surface area contributed by atoms with Gasteiger partial charge < -0.3 is 15.8 Å². The minimum absolute atomic E-state index is 0.0447. The summed E-state index contributed by atoms with van der Waals surface area (Å²) in [5, 5.41) is 2.44. The highest BCUT2D eigenvalue weighted by Gasteiger charge is 2.16. The molecule has 0 fully saturated rings. The maximum atomic E-state index is 13.6. The Morgan fingerprint density at radius 2 is 2.16 bits per heavy atom. The van der Waals surface area contributed by atoms with Crippen LogP contribution in [0.4, 0.5) is 10.1 Å². The molecule has 104 valence electrons. The largest absolute Gasteiger partial charge is 0.465 e. The molecule has 1 amide bonds. The second kappa shape index (κ2) is 6.84. The monoisotopic (exact) mass is 268 g/mol. The van der Waals surface area contributed by atoms with Crippen molar-refractivity contribution in [3.05, 3.63) is 29.6 Å². The average Bonchev–Trinajstić information content (AvgIpc) is 2.40. The number of amides is 1. The zero-order chi connectivity index (χ0) is 14.4. The first-order valence-electron chi connectivity index (χ1n) is 5.88. The second-order valence-corrected chi connectivity index (χ2v) is 4.15. The van der Waals surface area contributed by atoms with Gasteiger partial charge in [0.15, 0.2) is 0 Å². The Hall–Kier alpha value is -1.95. The van der Waals surface area contributed by atoms with E-state index in [9.17, 15) is 14.0 Å². The van der Waals surface area contributed by atoms with Crippen LogP contribution in [0.3, 0.4) is 0 Å². The van der Waals surface area contributed by atoms with Gasteiger partial charge in [-0.05, 0) is 31.2 Å². The fourth-order valence-electron chi connectivity index (χ4n) is 1.50. The number of rotatable bonds is 5. The molecule has 0 heterocycles. The van der Waals surface area contributed by atoms with Crippen molar-refractivity contribution in [2.24, 2.45) is 11.7 Å². The van der Waals surface area contributed by atoms with E-state index in [0.29, 0.717) is 13.0 Å². The first-order valence-corrected chi connectivity index (χ1v) is 5.88. The third-order valence-electron chi connectivity index (χ3n) is 2.69. The molecule has 0 saturated heterocycles. The van der Waals surface area contributed by atoms with E-state index in [4.69, 9.17) is 5.73 Å². The normalized spacial score (nSPS) is 11.8. The summed E-state index contributed by atoms with van der Waals surface area (Å²) in [6.07, 6.45) is 0.504. The van der Waals surface area contributed by atoms with Crippen LogP contribution < -0.4 is 11.1 Å². The molecule has 0 aromatic heterocycles. The summed E-state index contributed by atoms with van der Waals surface area (Å²) >= 11 is 0. The van der Waals surface area contributed by atoms with Gasteiger partial charge in [-0.3, -0.25) is 4.79 Å². The fourth-order valence-corrected chi connectivity index (χ4v) is 1.50. The Bertz CT molecular complexity index is 477. The molecule has 1 unspecified atom stereocenters. The summed E-state index contributed by atoms with van der Waals surface area (Å²) in [6, 6.07) is 3.64. The zero-order valence-electron chi connectivity index (χ0n) is 10.9. The third-order valence-corrected chi connectivity index (χ3v) is 2.69. The number of benzene rings is 1. The number of anilines is 1. The number of ether oxygens (including phenoxy) is 1. The van der Waals surface area contributed by atoms with Gasteiger partial charge in [0.2, 0.25) is 5.91 Å². The number of carbonyl (C=O) groups is 2. The van der Waals surface area contributed by atoms with Crippen LogP contribution in [0, 0.1) is 11.7 Å². The Labute approximate surface area is 110 Å². The van der Waals surface area contributed by atoms with Gasteiger partial charge in [0.25, 0.3) is 0 Å². The molecule has 0 radical (unpaired) electrons. The van der Waals surface area contributed by atoms with E-state index in [1.54, 1.807) is 6.92 Å². The number of halogens is 1. The van der Waals surface area contributed by atoms with Gasteiger partial charge in [0, 0.05) is 5.92 Å². The summed E-state index contributed by atoms with van der Waals surface area (Å²) in [4.78, 5) is 23.1. The lowest BCUT2D eigenvalue weighted by Gasteiger charge is -2.12. The van der Waals surface area contributed by atoms with E-state index in [1.165, 1.54) is 19.2 Å². The molecule has 0 bridgehead atoms. The lowest BCUT2D eigenvalue weighted by molar-refractivity contribution is -0.119. The predicted molar refractivity (Wildman–Crippen MR) is 69.2 cm³/mol. The standard InChI is InChI=1S/C13H17FN2O3/c1-8(5-6-15)12(17)16-11-7-9(13(18)19-2)3-4-10(11)14/h3-4,7-8H,5-6,15H2,1-2H3,(H,16,17). The Balaban J connectivity index is 2.88. The molecule has 1 aromatic carbocycles. The summed E-state index contributed by atoms with van der Waals surface area (Å²) < 4.78 is 18.1. The molecule has 5 nitrogen and oxygen atoms in total. The van der Waals surface area contributed by atoms with Crippen molar-refractivity contribution in [3.63, 3.8) is 0 Å². The molecule has 0 aliphatic rings. The molecular weight excluding hydrogens is 251 g/mol. The van der Waals surface area contributed by atoms with E-state index < -0.39 is 11.8 Å². The molecule has 0 aliphatic carbocycles. The van der Waals surface area contributed by atoms with Crippen molar-refractivity contribution in [1.82, 2.24) is 0 Å². The average molecular weight is 268 g/mol. The number of hydrogen-bond donors (Lipinski definition) is 2. The van der Waals surface area contributed by atoms with Gasteiger partial charge in [0.05, 0.1) is 18.4 Å². The van der Waals surface area contributed by atoms with Gasteiger partial charge in [0.1, 0.15) is 5.82 Å². The van der Waals surface area contributed by atoms with Crippen LogP contribution in [0.25, 0.3) is 0 Å². The number of carbonyl (C=O) groups excluding carboxylic acids is 2. The van der Waals surface area contributed by atoms with E-state index in [-0.39, 0.29) is 23.1 Å². The Morgan fingerprint density at radius 1 is 1.47 bits per heavy atom. The summed E-state index contributed by atoms with van der Waals surface area (Å²) in [6.45, 7) is 2.07. The molecule has 1 aromatic rings. The third kappa shape index (κ3) is 4.03.